The molecule has 0 spiro atoms. The Bertz CT molecular complexity index is 865. The highest BCUT2D eigenvalue weighted by atomic mass is 16.5. The van der Waals surface area contributed by atoms with Crippen molar-refractivity contribution in [2.45, 2.75) is 25.8 Å². The third kappa shape index (κ3) is 5.04. The van der Waals surface area contributed by atoms with Gasteiger partial charge in [-0.1, -0.05) is 72.7 Å². The van der Waals surface area contributed by atoms with Crippen molar-refractivity contribution in [2.24, 2.45) is 5.92 Å². The van der Waals surface area contributed by atoms with Crippen LogP contribution in [0.4, 0.5) is 0 Å². The molecule has 0 radical (unpaired) electrons. The summed E-state index contributed by atoms with van der Waals surface area (Å²) >= 11 is 0. The number of nitrogens with one attached hydrogen (secondary N) is 1. The minimum absolute atomic E-state index is 0.115. The molecule has 2 aromatic carbocycles. The largest absolute Gasteiger partial charge is 0.469 e. The van der Waals surface area contributed by atoms with E-state index >= 15 is 0 Å². The number of carbonyl (C=O) groups is 1. The van der Waals surface area contributed by atoms with E-state index in [2.05, 4.69) is 15.5 Å². The van der Waals surface area contributed by atoms with Crippen molar-refractivity contribution in [2.75, 3.05) is 13.7 Å². The summed E-state index contributed by atoms with van der Waals surface area (Å²) in [5, 5.41) is 7.51. The fourth-order valence-corrected chi connectivity index (χ4v) is 3.12. The zero-order chi connectivity index (χ0) is 19.8. The third-order valence-electron chi connectivity index (χ3n) is 4.66. The van der Waals surface area contributed by atoms with Crippen LogP contribution in [0.2, 0.25) is 0 Å². The van der Waals surface area contributed by atoms with Gasteiger partial charge >= 0.3 is 5.97 Å². The number of ether oxygens (including phenoxy) is 1. The third-order valence-corrected chi connectivity index (χ3v) is 4.66. The van der Waals surface area contributed by atoms with Crippen molar-refractivity contribution < 1.29 is 14.1 Å². The summed E-state index contributed by atoms with van der Waals surface area (Å²) < 4.78 is 10.3. The molecule has 0 bridgehead atoms. The van der Waals surface area contributed by atoms with Crippen LogP contribution in [0.3, 0.4) is 0 Å². The van der Waals surface area contributed by atoms with E-state index in [-0.39, 0.29) is 17.9 Å². The van der Waals surface area contributed by atoms with Crippen LogP contribution in [0.1, 0.15) is 30.8 Å². The zero-order valence-electron chi connectivity index (χ0n) is 16.2. The monoisotopic (exact) mass is 379 g/mol. The molecule has 6 heteroatoms. The summed E-state index contributed by atoms with van der Waals surface area (Å²) in [4.78, 5) is 16.5. The van der Waals surface area contributed by atoms with E-state index < -0.39 is 0 Å². The van der Waals surface area contributed by atoms with E-state index in [1.165, 1.54) is 7.11 Å². The number of benzene rings is 2. The maximum Gasteiger partial charge on any atom is 0.310 e. The molecule has 0 aliphatic rings. The Labute approximate surface area is 164 Å². The lowest BCUT2D eigenvalue weighted by Crippen LogP contribution is -2.32. The molecule has 3 aromatic rings. The van der Waals surface area contributed by atoms with Gasteiger partial charge in [0, 0.05) is 18.0 Å². The number of aryl methyl sites for hydroxylation is 1. The molecule has 0 saturated carbocycles. The highest BCUT2D eigenvalue weighted by Crippen LogP contribution is 2.23. The topological polar surface area (TPSA) is 77.2 Å². The van der Waals surface area contributed by atoms with Gasteiger partial charge in [0.1, 0.15) is 0 Å². The van der Waals surface area contributed by atoms with Crippen LogP contribution in [0, 0.1) is 5.92 Å². The van der Waals surface area contributed by atoms with Gasteiger partial charge < -0.3 is 14.6 Å². The summed E-state index contributed by atoms with van der Waals surface area (Å²) in [5.41, 5.74) is 2.00. The number of carbonyl (C=O) groups excluding carboxylic acids is 1. The maximum atomic E-state index is 12.0. The predicted octanol–water partition coefficient (Wildman–Crippen LogP) is 3.81. The molecular formula is C22H25N3O3. The maximum absolute atomic E-state index is 12.0. The fraction of sp³-hybridized carbons (Fsp3) is 0.318. The van der Waals surface area contributed by atoms with E-state index in [1.807, 2.05) is 67.6 Å². The molecule has 0 amide bonds. The van der Waals surface area contributed by atoms with Gasteiger partial charge in [-0.15, -0.1) is 0 Å². The summed E-state index contributed by atoms with van der Waals surface area (Å²) in [6.07, 6.45) is 1.48. The Morgan fingerprint density at radius 1 is 1.11 bits per heavy atom. The van der Waals surface area contributed by atoms with Crippen molar-refractivity contribution in [3.63, 3.8) is 0 Å². The first-order valence-corrected chi connectivity index (χ1v) is 9.43. The number of rotatable bonds is 9. The van der Waals surface area contributed by atoms with E-state index in [9.17, 15) is 4.79 Å². The Morgan fingerprint density at radius 2 is 1.79 bits per heavy atom. The molecule has 2 atom stereocenters. The number of hydrogen-bond donors (Lipinski definition) is 1. The molecule has 1 aromatic heterocycles. The molecule has 0 unspecified atom stereocenters. The SMILES string of the molecule is COC(=O)[C@H](C)[C@H](NCCCc1nc(-c2ccccc2)no1)c1ccccc1. The van der Waals surface area contributed by atoms with Crippen LogP contribution in [-0.2, 0) is 16.0 Å². The summed E-state index contributed by atoms with van der Waals surface area (Å²) in [6, 6.07) is 19.6. The second kappa shape index (κ2) is 9.80. The van der Waals surface area contributed by atoms with Crippen molar-refractivity contribution >= 4 is 5.97 Å². The molecule has 6 nitrogen and oxygen atoms in total. The predicted molar refractivity (Wildman–Crippen MR) is 106 cm³/mol. The molecule has 3 rings (SSSR count). The molecule has 0 aliphatic heterocycles. The van der Waals surface area contributed by atoms with E-state index in [4.69, 9.17) is 9.26 Å². The molecule has 1 heterocycles. The molecule has 146 valence electrons. The minimum atomic E-state index is -0.291. The molecule has 28 heavy (non-hydrogen) atoms. The lowest BCUT2D eigenvalue weighted by atomic mass is 9.94. The van der Waals surface area contributed by atoms with Gasteiger partial charge in [-0.25, -0.2) is 0 Å². The molecule has 1 N–H and O–H groups in total. The number of hydrogen-bond acceptors (Lipinski definition) is 6. The first kappa shape index (κ1) is 19.8. The molecule has 0 fully saturated rings. The standard InChI is InChI=1S/C22H25N3O3/c1-16(22(26)27-2)20(17-10-5-3-6-11-17)23-15-9-14-19-24-21(25-28-19)18-12-7-4-8-13-18/h3-8,10-13,16,20,23H,9,14-15H2,1-2H3/t16-,20+/m1/s1. The minimum Gasteiger partial charge on any atom is -0.469 e. The Kier molecular flexibility index (Phi) is 6.92. The van der Waals surface area contributed by atoms with Crippen molar-refractivity contribution in [3.8, 4) is 11.4 Å². The lowest BCUT2D eigenvalue weighted by Gasteiger charge is -2.24. The highest BCUT2D eigenvalue weighted by molar-refractivity contribution is 5.73. The molecule has 0 aliphatic carbocycles. The van der Waals surface area contributed by atoms with E-state index in [0.29, 0.717) is 24.7 Å². The van der Waals surface area contributed by atoms with Crippen LogP contribution in [0.15, 0.2) is 65.2 Å². The van der Waals surface area contributed by atoms with Crippen LogP contribution in [-0.4, -0.2) is 29.8 Å². The van der Waals surface area contributed by atoms with Gasteiger partial charge in [-0.2, -0.15) is 4.98 Å². The first-order chi connectivity index (χ1) is 13.7. The van der Waals surface area contributed by atoms with Gasteiger partial charge in [-0.3, -0.25) is 4.79 Å². The van der Waals surface area contributed by atoms with Gasteiger partial charge in [0.2, 0.25) is 11.7 Å². The van der Waals surface area contributed by atoms with Crippen LogP contribution >= 0.6 is 0 Å². The molecular weight excluding hydrogens is 354 g/mol. The number of methoxy groups -OCH3 is 1. The number of aromatic nitrogens is 2. The lowest BCUT2D eigenvalue weighted by molar-refractivity contribution is -0.145. The van der Waals surface area contributed by atoms with E-state index in [0.717, 1.165) is 17.5 Å². The average molecular weight is 379 g/mol. The smallest absolute Gasteiger partial charge is 0.310 e. The fourth-order valence-electron chi connectivity index (χ4n) is 3.12. The van der Waals surface area contributed by atoms with Crippen LogP contribution in [0.5, 0.6) is 0 Å². The number of esters is 1. The van der Waals surface area contributed by atoms with Crippen LogP contribution < -0.4 is 5.32 Å². The normalized spacial score (nSPS) is 13.1. The zero-order valence-corrected chi connectivity index (χ0v) is 16.2. The Balaban J connectivity index is 1.56. The van der Waals surface area contributed by atoms with Gasteiger partial charge in [0.15, 0.2) is 0 Å². The van der Waals surface area contributed by atoms with Crippen molar-refractivity contribution in [1.29, 1.82) is 0 Å². The van der Waals surface area contributed by atoms with E-state index in [1.54, 1.807) is 0 Å². The summed E-state index contributed by atoms with van der Waals surface area (Å²) in [5.74, 6) is 0.689. The highest BCUT2D eigenvalue weighted by Gasteiger charge is 2.25. The number of nitrogens with zero attached hydrogens (tertiary/aromatic N) is 2. The first-order valence-electron chi connectivity index (χ1n) is 9.43. The Morgan fingerprint density at radius 3 is 2.46 bits per heavy atom. The van der Waals surface area contributed by atoms with Crippen LogP contribution in [0.25, 0.3) is 11.4 Å². The van der Waals surface area contributed by atoms with Gasteiger partial charge in [-0.05, 0) is 18.5 Å². The molecule has 0 saturated heterocycles. The summed E-state index contributed by atoms with van der Waals surface area (Å²) in [7, 11) is 1.42. The average Bonchev–Trinajstić information content (AvgIpc) is 3.23. The quantitative estimate of drug-likeness (QED) is 0.450. The second-order valence-corrected chi connectivity index (χ2v) is 6.64. The Hall–Kier alpha value is -2.99. The summed E-state index contributed by atoms with van der Waals surface area (Å²) in [6.45, 7) is 2.59. The van der Waals surface area contributed by atoms with Crippen molar-refractivity contribution in [1.82, 2.24) is 15.5 Å². The van der Waals surface area contributed by atoms with Gasteiger partial charge in [0.25, 0.3) is 0 Å². The van der Waals surface area contributed by atoms with Crippen molar-refractivity contribution in [3.05, 3.63) is 72.1 Å². The van der Waals surface area contributed by atoms with Gasteiger partial charge in [0.05, 0.1) is 13.0 Å². The second-order valence-electron chi connectivity index (χ2n) is 6.64.